The Kier molecular flexibility index (Phi) is 5.43. The predicted molar refractivity (Wildman–Crippen MR) is 116 cm³/mol. The van der Waals surface area contributed by atoms with Gasteiger partial charge in [-0.15, -0.1) is 0 Å². The molecule has 4 heteroatoms. The van der Waals surface area contributed by atoms with Crippen LogP contribution in [0.3, 0.4) is 0 Å². The number of carbonyl (C=O) groups excluding carboxylic acids is 2. The van der Waals surface area contributed by atoms with E-state index in [9.17, 15) is 9.59 Å². The molecule has 2 amide bonds. The standard InChI is InChI=1S/C25H24N2O2/c1-18(28)27-15-14-21-12-13-22(16-24(21)27)26-25(29)17-23(19-8-4-2-5-9-19)20-10-6-3-7-11-20/h2-13,16,23H,14-15,17H2,1H3,(H,26,29). The van der Waals surface area contributed by atoms with Gasteiger partial charge in [0.15, 0.2) is 0 Å². The topological polar surface area (TPSA) is 49.4 Å². The van der Waals surface area contributed by atoms with Crippen LogP contribution in [0, 0.1) is 0 Å². The lowest BCUT2D eigenvalue weighted by molar-refractivity contribution is -0.117. The first kappa shape index (κ1) is 18.9. The van der Waals surface area contributed by atoms with E-state index in [2.05, 4.69) is 29.6 Å². The molecule has 0 fully saturated rings. The fourth-order valence-electron chi connectivity index (χ4n) is 3.98. The molecule has 0 aliphatic carbocycles. The van der Waals surface area contributed by atoms with Crippen LogP contribution in [-0.4, -0.2) is 18.4 Å². The van der Waals surface area contributed by atoms with Crippen LogP contribution in [-0.2, 0) is 16.0 Å². The maximum Gasteiger partial charge on any atom is 0.225 e. The van der Waals surface area contributed by atoms with E-state index in [4.69, 9.17) is 0 Å². The van der Waals surface area contributed by atoms with Crippen molar-refractivity contribution in [1.29, 1.82) is 0 Å². The fraction of sp³-hybridized carbons (Fsp3) is 0.200. The maximum absolute atomic E-state index is 12.9. The van der Waals surface area contributed by atoms with Gasteiger partial charge in [-0.05, 0) is 35.2 Å². The summed E-state index contributed by atoms with van der Waals surface area (Å²) in [6, 6.07) is 26.0. The van der Waals surface area contributed by atoms with Crippen molar-refractivity contribution in [2.75, 3.05) is 16.8 Å². The van der Waals surface area contributed by atoms with Crippen molar-refractivity contribution in [2.24, 2.45) is 0 Å². The van der Waals surface area contributed by atoms with Gasteiger partial charge in [0.1, 0.15) is 0 Å². The summed E-state index contributed by atoms with van der Waals surface area (Å²) < 4.78 is 0. The first-order chi connectivity index (χ1) is 14.1. The van der Waals surface area contributed by atoms with Gasteiger partial charge in [0.2, 0.25) is 11.8 Å². The molecule has 1 aliphatic rings. The van der Waals surface area contributed by atoms with Gasteiger partial charge in [0.05, 0.1) is 0 Å². The maximum atomic E-state index is 12.9. The highest BCUT2D eigenvalue weighted by Gasteiger charge is 2.23. The SMILES string of the molecule is CC(=O)N1CCc2ccc(NC(=O)CC(c3ccccc3)c3ccccc3)cc21. The normalized spacial score (nSPS) is 12.7. The molecule has 0 saturated heterocycles. The second kappa shape index (κ2) is 8.31. The van der Waals surface area contributed by atoms with Gasteiger partial charge in [0, 0.05) is 37.2 Å². The van der Waals surface area contributed by atoms with E-state index in [-0.39, 0.29) is 17.7 Å². The lowest BCUT2D eigenvalue weighted by atomic mass is 9.88. The van der Waals surface area contributed by atoms with E-state index < -0.39 is 0 Å². The van der Waals surface area contributed by atoms with Gasteiger partial charge in [-0.1, -0.05) is 66.7 Å². The largest absolute Gasteiger partial charge is 0.326 e. The highest BCUT2D eigenvalue weighted by atomic mass is 16.2. The molecular weight excluding hydrogens is 360 g/mol. The summed E-state index contributed by atoms with van der Waals surface area (Å²) in [7, 11) is 0. The Balaban J connectivity index is 1.54. The second-order valence-electron chi connectivity index (χ2n) is 7.39. The molecule has 0 spiro atoms. The quantitative estimate of drug-likeness (QED) is 0.690. The average molecular weight is 384 g/mol. The number of nitrogens with zero attached hydrogens (tertiary/aromatic N) is 1. The summed E-state index contributed by atoms with van der Waals surface area (Å²) in [5, 5.41) is 3.02. The number of rotatable bonds is 5. The van der Waals surface area contributed by atoms with Crippen LogP contribution in [0.15, 0.2) is 78.9 Å². The van der Waals surface area contributed by atoms with Crippen LogP contribution in [0.4, 0.5) is 11.4 Å². The number of carbonyl (C=O) groups is 2. The molecule has 146 valence electrons. The number of fused-ring (bicyclic) bond motifs is 1. The summed E-state index contributed by atoms with van der Waals surface area (Å²) in [6.45, 7) is 2.27. The third kappa shape index (κ3) is 4.21. The van der Waals surface area contributed by atoms with E-state index in [1.165, 1.54) is 0 Å². The molecule has 0 unspecified atom stereocenters. The van der Waals surface area contributed by atoms with Crippen LogP contribution in [0.2, 0.25) is 0 Å². The van der Waals surface area contributed by atoms with Gasteiger partial charge < -0.3 is 10.2 Å². The lowest BCUT2D eigenvalue weighted by Gasteiger charge is -2.19. The summed E-state index contributed by atoms with van der Waals surface area (Å²) in [5.74, 6) is -0.0315. The van der Waals surface area contributed by atoms with Gasteiger partial charge in [-0.25, -0.2) is 0 Å². The second-order valence-corrected chi connectivity index (χ2v) is 7.39. The molecule has 4 nitrogen and oxygen atoms in total. The van der Waals surface area contributed by atoms with Crippen LogP contribution in [0.1, 0.15) is 36.0 Å². The number of hydrogen-bond donors (Lipinski definition) is 1. The summed E-state index contributed by atoms with van der Waals surface area (Å²) in [4.78, 5) is 26.5. The number of anilines is 2. The van der Waals surface area contributed by atoms with E-state index in [0.29, 0.717) is 13.0 Å². The van der Waals surface area contributed by atoms with Crippen LogP contribution < -0.4 is 10.2 Å². The van der Waals surface area contributed by atoms with Gasteiger partial charge in [-0.2, -0.15) is 0 Å². The van der Waals surface area contributed by atoms with E-state index >= 15 is 0 Å². The van der Waals surface area contributed by atoms with E-state index in [0.717, 1.165) is 34.5 Å². The number of nitrogens with one attached hydrogen (secondary N) is 1. The first-order valence-electron chi connectivity index (χ1n) is 9.92. The smallest absolute Gasteiger partial charge is 0.225 e. The number of hydrogen-bond acceptors (Lipinski definition) is 2. The molecule has 4 rings (SSSR count). The van der Waals surface area contributed by atoms with Crippen molar-refractivity contribution < 1.29 is 9.59 Å². The zero-order valence-corrected chi connectivity index (χ0v) is 16.5. The molecule has 1 heterocycles. The third-order valence-electron chi connectivity index (χ3n) is 5.44. The number of amides is 2. The monoisotopic (exact) mass is 384 g/mol. The minimum absolute atomic E-state index is 0.0134. The highest BCUT2D eigenvalue weighted by molar-refractivity contribution is 5.96. The van der Waals surface area contributed by atoms with E-state index in [1.807, 2.05) is 54.6 Å². The Labute approximate surface area is 171 Å². The summed E-state index contributed by atoms with van der Waals surface area (Å²) in [6.07, 6.45) is 1.20. The molecular formula is C25H24N2O2. The van der Waals surface area contributed by atoms with Crippen molar-refractivity contribution in [3.8, 4) is 0 Å². The van der Waals surface area contributed by atoms with Gasteiger partial charge in [-0.3, -0.25) is 9.59 Å². The molecule has 3 aromatic rings. The Morgan fingerprint density at radius 2 is 1.55 bits per heavy atom. The Bertz CT molecular complexity index is 976. The van der Waals surface area contributed by atoms with Crippen LogP contribution in [0.25, 0.3) is 0 Å². The molecule has 3 aromatic carbocycles. The average Bonchev–Trinajstić information content (AvgIpc) is 3.17. The van der Waals surface area contributed by atoms with Gasteiger partial charge in [0.25, 0.3) is 0 Å². The molecule has 0 saturated carbocycles. The molecule has 0 radical (unpaired) electrons. The molecule has 29 heavy (non-hydrogen) atoms. The molecule has 0 aromatic heterocycles. The van der Waals surface area contributed by atoms with Crippen molar-refractivity contribution in [3.05, 3.63) is 95.6 Å². The lowest BCUT2D eigenvalue weighted by Crippen LogP contribution is -2.25. The zero-order chi connectivity index (χ0) is 20.2. The zero-order valence-electron chi connectivity index (χ0n) is 16.5. The van der Waals surface area contributed by atoms with Crippen LogP contribution in [0.5, 0.6) is 0 Å². The predicted octanol–water partition coefficient (Wildman–Crippen LogP) is 4.76. The molecule has 1 N–H and O–H groups in total. The first-order valence-corrected chi connectivity index (χ1v) is 9.92. The fourth-order valence-corrected chi connectivity index (χ4v) is 3.98. The van der Waals surface area contributed by atoms with Crippen molar-refractivity contribution in [2.45, 2.75) is 25.7 Å². The molecule has 0 bridgehead atoms. The van der Waals surface area contributed by atoms with E-state index in [1.54, 1.807) is 11.8 Å². The minimum Gasteiger partial charge on any atom is -0.326 e. The minimum atomic E-state index is -0.0463. The van der Waals surface area contributed by atoms with Crippen LogP contribution >= 0.6 is 0 Å². The Morgan fingerprint density at radius 1 is 0.931 bits per heavy atom. The summed E-state index contributed by atoms with van der Waals surface area (Å²) in [5.41, 5.74) is 5.00. The molecule has 0 atom stereocenters. The molecule has 1 aliphatic heterocycles. The van der Waals surface area contributed by atoms with Crippen molar-refractivity contribution in [3.63, 3.8) is 0 Å². The summed E-state index contributed by atoms with van der Waals surface area (Å²) >= 11 is 0. The number of benzene rings is 3. The Hall–Kier alpha value is -3.40. The third-order valence-corrected chi connectivity index (χ3v) is 5.44. The van der Waals surface area contributed by atoms with Crippen molar-refractivity contribution >= 4 is 23.2 Å². The highest BCUT2D eigenvalue weighted by Crippen LogP contribution is 2.32. The van der Waals surface area contributed by atoms with Crippen molar-refractivity contribution in [1.82, 2.24) is 0 Å². The van der Waals surface area contributed by atoms with Gasteiger partial charge >= 0.3 is 0 Å². The Morgan fingerprint density at radius 3 is 2.14 bits per heavy atom.